The van der Waals surface area contributed by atoms with Crippen LogP contribution < -0.4 is 10.9 Å². The summed E-state index contributed by atoms with van der Waals surface area (Å²) in [7, 11) is 0. The van der Waals surface area contributed by atoms with Gasteiger partial charge in [0.15, 0.2) is 0 Å². The highest BCUT2D eigenvalue weighted by Crippen LogP contribution is 2.20. The van der Waals surface area contributed by atoms with Crippen molar-refractivity contribution >= 4 is 33.3 Å². The van der Waals surface area contributed by atoms with Crippen LogP contribution in [0.3, 0.4) is 0 Å². The highest BCUT2D eigenvalue weighted by atomic mass is 16.6. The smallest absolute Gasteiger partial charge is 0.271 e. The summed E-state index contributed by atoms with van der Waals surface area (Å²) in [4.78, 5) is 39.5. The summed E-state index contributed by atoms with van der Waals surface area (Å²) in [5, 5.41) is 16.2. The summed E-state index contributed by atoms with van der Waals surface area (Å²) >= 11 is 0. The van der Waals surface area contributed by atoms with Crippen molar-refractivity contribution in [3.8, 4) is 0 Å². The van der Waals surface area contributed by atoms with Gasteiger partial charge < -0.3 is 5.32 Å². The normalized spacial score (nSPS) is 12.0. The first-order valence-electron chi connectivity index (χ1n) is 9.34. The number of amides is 1. The molecule has 0 aliphatic rings. The van der Waals surface area contributed by atoms with Gasteiger partial charge in [0.25, 0.3) is 11.2 Å². The van der Waals surface area contributed by atoms with Gasteiger partial charge in [-0.1, -0.05) is 36.4 Å². The Labute approximate surface area is 170 Å². The summed E-state index contributed by atoms with van der Waals surface area (Å²) in [6.07, 6.45) is 1.23. The minimum absolute atomic E-state index is 0.144. The number of carbonyl (C=O) groups excluding carboxylic acids is 1. The SMILES string of the molecule is CC(NC(=O)Cn1cnc2cc([N+](=O)[O-])ccc2c1=O)c1ccc2ccccc2c1. The molecule has 4 aromatic rings. The van der Waals surface area contributed by atoms with Gasteiger partial charge in [-0.2, -0.15) is 0 Å². The maximum Gasteiger partial charge on any atom is 0.271 e. The third-order valence-corrected chi connectivity index (χ3v) is 4.98. The molecule has 0 saturated heterocycles. The van der Waals surface area contributed by atoms with Crippen molar-refractivity contribution in [3.05, 3.63) is 93.0 Å². The van der Waals surface area contributed by atoms with Crippen LogP contribution in [0.2, 0.25) is 0 Å². The van der Waals surface area contributed by atoms with E-state index in [1.165, 1.54) is 29.1 Å². The Morgan fingerprint density at radius 2 is 1.90 bits per heavy atom. The van der Waals surface area contributed by atoms with Crippen molar-refractivity contribution in [3.63, 3.8) is 0 Å². The second-order valence-corrected chi connectivity index (χ2v) is 7.03. The molecule has 1 aromatic heterocycles. The minimum atomic E-state index is -0.547. The predicted molar refractivity (Wildman–Crippen MR) is 113 cm³/mol. The number of aromatic nitrogens is 2. The van der Waals surface area contributed by atoms with Gasteiger partial charge in [0.05, 0.1) is 28.2 Å². The number of hydrogen-bond acceptors (Lipinski definition) is 5. The first-order chi connectivity index (χ1) is 14.4. The molecular weight excluding hydrogens is 384 g/mol. The lowest BCUT2D eigenvalue weighted by Crippen LogP contribution is -2.34. The Kier molecular flexibility index (Phi) is 4.97. The topological polar surface area (TPSA) is 107 Å². The Hall–Kier alpha value is -4.07. The van der Waals surface area contributed by atoms with Crippen molar-refractivity contribution in [2.45, 2.75) is 19.5 Å². The lowest BCUT2D eigenvalue weighted by molar-refractivity contribution is -0.384. The molecule has 4 rings (SSSR count). The first kappa shape index (κ1) is 19.3. The highest BCUT2D eigenvalue weighted by Gasteiger charge is 2.14. The number of carbonyl (C=O) groups is 1. The first-order valence-corrected chi connectivity index (χ1v) is 9.34. The van der Waals surface area contributed by atoms with Gasteiger partial charge in [-0.15, -0.1) is 0 Å². The summed E-state index contributed by atoms with van der Waals surface area (Å²) in [6, 6.07) is 17.6. The number of fused-ring (bicyclic) bond motifs is 2. The summed E-state index contributed by atoms with van der Waals surface area (Å²) in [6.45, 7) is 1.68. The van der Waals surface area contributed by atoms with E-state index in [0.717, 1.165) is 16.3 Å². The van der Waals surface area contributed by atoms with E-state index in [1.807, 2.05) is 49.4 Å². The highest BCUT2D eigenvalue weighted by molar-refractivity contribution is 5.84. The fourth-order valence-electron chi connectivity index (χ4n) is 3.38. The van der Waals surface area contributed by atoms with E-state index in [0.29, 0.717) is 0 Å². The zero-order chi connectivity index (χ0) is 21.3. The van der Waals surface area contributed by atoms with Crippen LogP contribution in [0.5, 0.6) is 0 Å². The number of benzene rings is 3. The third-order valence-electron chi connectivity index (χ3n) is 4.98. The van der Waals surface area contributed by atoms with E-state index >= 15 is 0 Å². The largest absolute Gasteiger partial charge is 0.348 e. The molecule has 0 fully saturated rings. The van der Waals surface area contributed by atoms with E-state index in [1.54, 1.807) is 0 Å². The molecule has 0 radical (unpaired) electrons. The fraction of sp³-hybridized carbons (Fsp3) is 0.136. The van der Waals surface area contributed by atoms with Crippen LogP contribution in [0.1, 0.15) is 18.5 Å². The molecule has 150 valence electrons. The maximum absolute atomic E-state index is 12.6. The molecule has 1 N–H and O–H groups in total. The van der Waals surface area contributed by atoms with E-state index in [9.17, 15) is 19.7 Å². The van der Waals surface area contributed by atoms with Crippen LogP contribution >= 0.6 is 0 Å². The molecule has 8 heteroatoms. The standard InChI is InChI=1S/C22H18N4O4/c1-14(16-7-6-15-4-2-3-5-17(15)10-16)24-21(27)12-25-13-23-20-11-18(26(29)30)8-9-19(20)22(25)28/h2-11,13-14H,12H2,1H3,(H,24,27). The molecule has 0 aliphatic heterocycles. The quantitative estimate of drug-likeness (QED) is 0.407. The molecule has 0 aliphatic carbocycles. The molecule has 1 atom stereocenters. The lowest BCUT2D eigenvalue weighted by atomic mass is 10.0. The van der Waals surface area contributed by atoms with E-state index in [-0.39, 0.29) is 35.1 Å². The molecule has 3 aromatic carbocycles. The Balaban J connectivity index is 1.52. The van der Waals surface area contributed by atoms with Crippen LogP contribution in [0, 0.1) is 10.1 Å². The van der Waals surface area contributed by atoms with Gasteiger partial charge in [-0.3, -0.25) is 24.3 Å². The molecule has 1 amide bonds. The van der Waals surface area contributed by atoms with Crippen LogP contribution in [0.15, 0.2) is 71.8 Å². The van der Waals surface area contributed by atoms with Crippen molar-refractivity contribution < 1.29 is 9.72 Å². The number of nitro groups is 1. The van der Waals surface area contributed by atoms with Gasteiger partial charge in [0, 0.05) is 12.1 Å². The number of non-ortho nitro benzene ring substituents is 1. The van der Waals surface area contributed by atoms with Crippen LogP contribution in [-0.2, 0) is 11.3 Å². The van der Waals surface area contributed by atoms with Gasteiger partial charge >= 0.3 is 0 Å². The summed E-state index contributed by atoms with van der Waals surface area (Å²) < 4.78 is 1.19. The number of hydrogen-bond donors (Lipinski definition) is 1. The predicted octanol–water partition coefficient (Wildman–Crippen LogP) is 3.34. The van der Waals surface area contributed by atoms with Crippen molar-refractivity contribution in [1.29, 1.82) is 0 Å². The number of rotatable bonds is 5. The second kappa shape index (κ2) is 7.75. The van der Waals surface area contributed by atoms with Gasteiger partial charge in [0.1, 0.15) is 6.54 Å². The Morgan fingerprint density at radius 3 is 2.67 bits per heavy atom. The number of nitrogens with zero attached hydrogens (tertiary/aromatic N) is 3. The average Bonchev–Trinajstić information content (AvgIpc) is 2.75. The van der Waals surface area contributed by atoms with Crippen LogP contribution in [-0.4, -0.2) is 20.4 Å². The van der Waals surface area contributed by atoms with Crippen molar-refractivity contribution in [2.75, 3.05) is 0 Å². The molecule has 0 spiro atoms. The molecule has 0 bridgehead atoms. The molecular formula is C22H18N4O4. The van der Waals surface area contributed by atoms with Crippen molar-refractivity contribution in [2.24, 2.45) is 0 Å². The van der Waals surface area contributed by atoms with Gasteiger partial charge in [0.2, 0.25) is 5.91 Å². The molecule has 30 heavy (non-hydrogen) atoms. The average molecular weight is 402 g/mol. The fourth-order valence-corrected chi connectivity index (χ4v) is 3.38. The zero-order valence-electron chi connectivity index (χ0n) is 16.1. The van der Waals surface area contributed by atoms with Gasteiger partial charge in [-0.05, 0) is 35.4 Å². The van der Waals surface area contributed by atoms with E-state index in [4.69, 9.17) is 0 Å². The van der Waals surface area contributed by atoms with Crippen LogP contribution in [0.4, 0.5) is 5.69 Å². The third kappa shape index (κ3) is 3.75. The molecule has 1 heterocycles. The monoisotopic (exact) mass is 402 g/mol. The minimum Gasteiger partial charge on any atom is -0.348 e. The zero-order valence-corrected chi connectivity index (χ0v) is 16.1. The number of nitrogens with one attached hydrogen (secondary N) is 1. The van der Waals surface area contributed by atoms with E-state index < -0.39 is 10.5 Å². The van der Waals surface area contributed by atoms with Crippen molar-refractivity contribution in [1.82, 2.24) is 14.9 Å². The lowest BCUT2D eigenvalue weighted by Gasteiger charge is -2.16. The Morgan fingerprint density at radius 1 is 1.13 bits per heavy atom. The second-order valence-electron chi connectivity index (χ2n) is 7.03. The summed E-state index contributed by atoms with van der Waals surface area (Å²) in [5.41, 5.74) is 0.603. The van der Waals surface area contributed by atoms with Crippen LogP contribution in [0.25, 0.3) is 21.7 Å². The Bertz CT molecular complexity index is 1350. The summed E-state index contributed by atoms with van der Waals surface area (Å²) in [5.74, 6) is -0.333. The van der Waals surface area contributed by atoms with E-state index in [2.05, 4.69) is 10.3 Å². The molecule has 8 nitrogen and oxygen atoms in total. The molecule has 0 saturated carbocycles. The maximum atomic E-state index is 12.6. The van der Waals surface area contributed by atoms with Gasteiger partial charge in [-0.25, -0.2) is 4.98 Å². The number of nitro benzene ring substituents is 1. The molecule has 1 unspecified atom stereocenters.